The van der Waals surface area contributed by atoms with Gasteiger partial charge in [-0.15, -0.1) is 0 Å². The van der Waals surface area contributed by atoms with Gasteiger partial charge in [-0.25, -0.2) is 4.98 Å². The van der Waals surface area contributed by atoms with Crippen LogP contribution in [0.3, 0.4) is 0 Å². The van der Waals surface area contributed by atoms with E-state index < -0.39 is 0 Å². The normalized spacial score (nSPS) is 11.0. The average molecular weight is 265 g/mol. The van der Waals surface area contributed by atoms with Crippen LogP contribution < -0.4 is 5.32 Å². The van der Waals surface area contributed by atoms with Crippen molar-refractivity contribution >= 4 is 0 Å². The minimum absolute atomic E-state index is 1.05. The summed E-state index contributed by atoms with van der Waals surface area (Å²) in [6, 6.07) is 0. The first-order valence-corrected chi connectivity index (χ1v) is 8.12. The zero-order chi connectivity index (χ0) is 13.6. The van der Waals surface area contributed by atoms with Crippen LogP contribution in [0.1, 0.15) is 70.5 Å². The second-order valence-electron chi connectivity index (χ2n) is 5.36. The van der Waals surface area contributed by atoms with Crippen molar-refractivity contribution in [3.63, 3.8) is 0 Å². The molecule has 0 spiro atoms. The molecule has 0 unspecified atom stereocenters. The molecular weight excluding hydrogens is 234 g/mol. The maximum absolute atomic E-state index is 4.22. The lowest BCUT2D eigenvalue weighted by Crippen LogP contribution is -2.17. The quantitative estimate of drug-likeness (QED) is 0.528. The van der Waals surface area contributed by atoms with Crippen LogP contribution in [0.25, 0.3) is 0 Å². The van der Waals surface area contributed by atoms with E-state index in [1.165, 1.54) is 64.3 Å². The van der Waals surface area contributed by atoms with E-state index in [1.54, 1.807) is 0 Å². The fourth-order valence-electron chi connectivity index (χ4n) is 2.32. The van der Waals surface area contributed by atoms with Gasteiger partial charge in [-0.05, 0) is 25.9 Å². The molecule has 2 N–H and O–H groups in total. The van der Waals surface area contributed by atoms with Gasteiger partial charge < -0.3 is 10.3 Å². The third-order valence-corrected chi connectivity index (χ3v) is 3.53. The molecule has 19 heavy (non-hydrogen) atoms. The van der Waals surface area contributed by atoms with E-state index >= 15 is 0 Å². The number of unbranched alkanes of at least 4 members (excludes halogenated alkanes) is 7. The van der Waals surface area contributed by atoms with Crippen LogP contribution in [0, 0.1) is 0 Å². The fraction of sp³-hybridized carbons (Fsp3) is 0.812. The summed E-state index contributed by atoms with van der Waals surface area (Å²) in [4.78, 5) is 7.36. The molecule has 0 bridgehead atoms. The number of nitrogens with zero attached hydrogens (tertiary/aromatic N) is 1. The number of aryl methyl sites for hydroxylation is 1. The standard InChI is InChI=1S/C16H31N3/c1-2-3-4-5-6-7-8-9-12-17-13-10-11-16-18-14-15-19-16/h14-15,17H,2-13H2,1H3,(H,18,19). The molecule has 0 aliphatic rings. The van der Waals surface area contributed by atoms with Crippen LogP contribution in [0.4, 0.5) is 0 Å². The maximum atomic E-state index is 4.22. The van der Waals surface area contributed by atoms with Crippen molar-refractivity contribution < 1.29 is 0 Å². The summed E-state index contributed by atoms with van der Waals surface area (Å²) in [5, 5.41) is 3.52. The monoisotopic (exact) mass is 265 g/mol. The molecule has 3 nitrogen and oxygen atoms in total. The van der Waals surface area contributed by atoms with Crippen LogP contribution in [-0.4, -0.2) is 23.1 Å². The van der Waals surface area contributed by atoms with Crippen LogP contribution in [0.2, 0.25) is 0 Å². The van der Waals surface area contributed by atoms with Gasteiger partial charge in [0, 0.05) is 18.8 Å². The lowest BCUT2D eigenvalue weighted by molar-refractivity contribution is 0.550. The number of aromatic amines is 1. The van der Waals surface area contributed by atoms with Gasteiger partial charge >= 0.3 is 0 Å². The Morgan fingerprint density at radius 3 is 2.32 bits per heavy atom. The van der Waals surface area contributed by atoms with Gasteiger partial charge in [-0.3, -0.25) is 0 Å². The smallest absolute Gasteiger partial charge is 0.106 e. The van der Waals surface area contributed by atoms with Crippen LogP contribution >= 0.6 is 0 Å². The maximum Gasteiger partial charge on any atom is 0.106 e. The van der Waals surface area contributed by atoms with E-state index in [4.69, 9.17) is 0 Å². The zero-order valence-electron chi connectivity index (χ0n) is 12.6. The Hall–Kier alpha value is -0.830. The molecule has 0 fully saturated rings. The van der Waals surface area contributed by atoms with Gasteiger partial charge in [-0.1, -0.05) is 51.9 Å². The zero-order valence-corrected chi connectivity index (χ0v) is 12.6. The SMILES string of the molecule is CCCCCCCCCCNCCCc1ncc[nH]1. The molecule has 1 aromatic rings. The van der Waals surface area contributed by atoms with E-state index in [9.17, 15) is 0 Å². The van der Waals surface area contributed by atoms with Crippen molar-refractivity contribution in [2.75, 3.05) is 13.1 Å². The number of imidazole rings is 1. The van der Waals surface area contributed by atoms with Crippen molar-refractivity contribution in [1.82, 2.24) is 15.3 Å². The molecule has 1 heterocycles. The van der Waals surface area contributed by atoms with Gasteiger partial charge in [0.05, 0.1) is 0 Å². The molecule has 0 atom stereocenters. The van der Waals surface area contributed by atoms with Gasteiger partial charge in [0.2, 0.25) is 0 Å². The second-order valence-corrected chi connectivity index (χ2v) is 5.36. The summed E-state index contributed by atoms with van der Waals surface area (Å²) in [5.74, 6) is 1.11. The fourth-order valence-corrected chi connectivity index (χ4v) is 2.32. The van der Waals surface area contributed by atoms with Gasteiger partial charge in [0.25, 0.3) is 0 Å². The number of H-pyrrole nitrogens is 1. The first kappa shape index (κ1) is 16.2. The average Bonchev–Trinajstić information content (AvgIpc) is 2.93. The Balaban J connectivity index is 1.72. The number of hydrogen-bond donors (Lipinski definition) is 2. The summed E-state index contributed by atoms with van der Waals surface area (Å²) in [6.45, 7) is 4.56. The largest absolute Gasteiger partial charge is 0.349 e. The molecular formula is C16H31N3. The van der Waals surface area contributed by atoms with Crippen molar-refractivity contribution in [2.45, 2.75) is 71.1 Å². The number of aromatic nitrogens is 2. The molecule has 0 aliphatic heterocycles. The third-order valence-electron chi connectivity index (χ3n) is 3.53. The highest BCUT2D eigenvalue weighted by atomic mass is 14.9. The van der Waals surface area contributed by atoms with E-state index in [-0.39, 0.29) is 0 Å². The highest BCUT2D eigenvalue weighted by Gasteiger charge is 1.95. The molecule has 0 aromatic carbocycles. The molecule has 0 amide bonds. The first-order valence-electron chi connectivity index (χ1n) is 8.12. The van der Waals surface area contributed by atoms with E-state index in [0.717, 1.165) is 18.8 Å². The highest BCUT2D eigenvalue weighted by Crippen LogP contribution is 2.07. The van der Waals surface area contributed by atoms with Crippen molar-refractivity contribution in [3.8, 4) is 0 Å². The molecule has 3 heteroatoms. The number of hydrogen-bond acceptors (Lipinski definition) is 2. The third kappa shape index (κ3) is 9.71. The van der Waals surface area contributed by atoms with Gasteiger partial charge in [0.15, 0.2) is 0 Å². The Kier molecular flexibility index (Phi) is 10.4. The highest BCUT2D eigenvalue weighted by molar-refractivity contribution is 4.86. The number of rotatable bonds is 13. The molecule has 0 aliphatic carbocycles. The van der Waals surface area contributed by atoms with E-state index in [2.05, 4.69) is 22.2 Å². The lowest BCUT2D eigenvalue weighted by Gasteiger charge is -2.04. The summed E-state index contributed by atoms with van der Waals surface area (Å²) in [7, 11) is 0. The van der Waals surface area contributed by atoms with E-state index in [0.29, 0.717) is 0 Å². The predicted octanol–water partition coefficient (Wildman–Crippen LogP) is 4.07. The molecule has 0 radical (unpaired) electrons. The predicted molar refractivity (Wildman–Crippen MR) is 82.4 cm³/mol. The molecule has 110 valence electrons. The van der Waals surface area contributed by atoms with Gasteiger partial charge in [0.1, 0.15) is 5.82 Å². The van der Waals surface area contributed by atoms with E-state index in [1.807, 2.05) is 12.4 Å². The summed E-state index contributed by atoms with van der Waals surface area (Å²) in [6.07, 6.45) is 17.1. The van der Waals surface area contributed by atoms with Crippen molar-refractivity contribution in [3.05, 3.63) is 18.2 Å². The Bertz CT molecular complexity index is 270. The minimum Gasteiger partial charge on any atom is -0.349 e. The summed E-state index contributed by atoms with van der Waals surface area (Å²) < 4.78 is 0. The summed E-state index contributed by atoms with van der Waals surface area (Å²) >= 11 is 0. The van der Waals surface area contributed by atoms with Crippen LogP contribution in [0.15, 0.2) is 12.4 Å². The van der Waals surface area contributed by atoms with Gasteiger partial charge in [-0.2, -0.15) is 0 Å². The summed E-state index contributed by atoms with van der Waals surface area (Å²) in [5.41, 5.74) is 0. The second kappa shape index (κ2) is 12.2. The first-order chi connectivity index (χ1) is 9.43. The Labute approximate surface area is 118 Å². The lowest BCUT2D eigenvalue weighted by atomic mass is 10.1. The van der Waals surface area contributed by atoms with Crippen molar-refractivity contribution in [1.29, 1.82) is 0 Å². The minimum atomic E-state index is 1.05. The molecule has 1 aromatic heterocycles. The van der Waals surface area contributed by atoms with Crippen molar-refractivity contribution in [2.24, 2.45) is 0 Å². The topological polar surface area (TPSA) is 40.7 Å². The molecule has 1 rings (SSSR count). The number of nitrogens with one attached hydrogen (secondary N) is 2. The Morgan fingerprint density at radius 1 is 0.947 bits per heavy atom. The van der Waals surface area contributed by atoms with Crippen LogP contribution in [-0.2, 0) is 6.42 Å². The Morgan fingerprint density at radius 2 is 1.63 bits per heavy atom. The van der Waals surface area contributed by atoms with Crippen LogP contribution in [0.5, 0.6) is 0 Å². The molecule has 0 saturated carbocycles. The molecule has 0 saturated heterocycles.